The number of nitroso groups, excluding NO2 is 1. The molecule has 5 nitrogen and oxygen atoms in total. The van der Waals surface area contributed by atoms with E-state index in [1.165, 1.54) is 0 Å². The first-order valence-electron chi connectivity index (χ1n) is 6.76. The maximum Gasteiger partial charge on any atom is 0.209 e. The van der Waals surface area contributed by atoms with E-state index in [0.717, 1.165) is 11.3 Å². The minimum Gasteiger partial charge on any atom is -0.491 e. The molecule has 0 saturated heterocycles. The molecule has 106 valence electrons. The fourth-order valence-corrected chi connectivity index (χ4v) is 2.23. The minimum absolute atomic E-state index is 0.123. The average Bonchev–Trinajstić information content (AvgIpc) is 2.86. The molecule has 0 spiro atoms. The van der Waals surface area contributed by atoms with Crippen LogP contribution in [-0.4, -0.2) is 15.5 Å². The van der Waals surface area contributed by atoms with Crippen LogP contribution >= 0.6 is 0 Å². The van der Waals surface area contributed by atoms with Gasteiger partial charge in [0.25, 0.3) is 0 Å². The third-order valence-electron chi connectivity index (χ3n) is 3.09. The highest BCUT2D eigenvalue weighted by Gasteiger charge is 2.14. The van der Waals surface area contributed by atoms with Crippen molar-refractivity contribution in [2.75, 3.05) is 0 Å². The zero-order valence-corrected chi connectivity index (χ0v) is 11.9. The first kappa shape index (κ1) is 13.3. The van der Waals surface area contributed by atoms with E-state index in [4.69, 9.17) is 4.74 Å². The van der Waals surface area contributed by atoms with Crippen LogP contribution in [-0.2, 0) is 0 Å². The Morgan fingerprint density at radius 1 is 1.14 bits per heavy atom. The summed E-state index contributed by atoms with van der Waals surface area (Å²) in [4.78, 5) is 15.6. The quantitative estimate of drug-likeness (QED) is 0.674. The van der Waals surface area contributed by atoms with Gasteiger partial charge in [0.1, 0.15) is 17.1 Å². The number of fused-ring (bicyclic) bond motifs is 1. The van der Waals surface area contributed by atoms with Gasteiger partial charge in [-0.25, -0.2) is 4.98 Å². The summed E-state index contributed by atoms with van der Waals surface area (Å²) in [6.45, 7) is 3.95. The van der Waals surface area contributed by atoms with Gasteiger partial charge < -0.3 is 4.74 Å². The summed E-state index contributed by atoms with van der Waals surface area (Å²) in [6.07, 6.45) is 1.90. The summed E-state index contributed by atoms with van der Waals surface area (Å²) in [5.41, 5.74) is 2.11. The molecule has 21 heavy (non-hydrogen) atoms. The van der Waals surface area contributed by atoms with Gasteiger partial charge >= 0.3 is 0 Å². The van der Waals surface area contributed by atoms with Crippen LogP contribution in [0.1, 0.15) is 13.8 Å². The molecule has 3 aromatic rings. The number of aromatic nitrogens is 2. The smallest absolute Gasteiger partial charge is 0.209 e. The van der Waals surface area contributed by atoms with E-state index in [1.807, 2.05) is 56.3 Å². The van der Waals surface area contributed by atoms with Gasteiger partial charge in [0.15, 0.2) is 0 Å². The zero-order chi connectivity index (χ0) is 14.8. The van der Waals surface area contributed by atoms with Crippen LogP contribution in [0, 0.1) is 4.91 Å². The van der Waals surface area contributed by atoms with Crippen LogP contribution in [0.3, 0.4) is 0 Å². The molecule has 0 atom stereocenters. The maximum absolute atomic E-state index is 11.2. The number of imidazole rings is 1. The van der Waals surface area contributed by atoms with Crippen LogP contribution in [0.15, 0.2) is 53.8 Å². The number of pyridine rings is 1. The molecule has 2 heterocycles. The Bertz CT molecular complexity index is 776. The van der Waals surface area contributed by atoms with Crippen molar-refractivity contribution >= 4 is 11.5 Å². The van der Waals surface area contributed by atoms with Crippen molar-refractivity contribution in [3.8, 4) is 17.0 Å². The topological polar surface area (TPSA) is 56.0 Å². The normalized spacial score (nSPS) is 11.0. The molecule has 0 fully saturated rings. The number of ether oxygens (including phenoxy) is 1. The van der Waals surface area contributed by atoms with Crippen molar-refractivity contribution in [1.29, 1.82) is 0 Å². The van der Waals surface area contributed by atoms with Gasteiger partial charge in [0.05, 0.1) is 6.10 Å². The van der Waals surface area contributed by atoms with E-state index in [0.29, 0.717) is 17.2 Å². The fraction of sp³-hybridized carbons (Fsp3) is 0.188. The van der Waals surface area contributed by atoms with Gasteiger partial charge in [-0.05, 0) is 55.4 Å². The van der Waals surface area contributed by atoms with E-state index < -0.39 is 0 Å². The number of hydrogen-bond donors (Lipinski definition) is 0. The second-order valence-electron chi connectivity index (χ2n) is 5.00. The molecule has 1 aromatic carbocycles. The zero-order valence-electron chi connectivity index (χ0n) is 11.9. The largest absolute Gasteiger partial charge is 0.491 e. The predicted octanol–water partition coefficient (Wildman–Crippen LogP) is 4.19. The SMILES string of the molecule is CC(C)Oc1ccc(-c2nc3ccccn3c2N=O)cc1. The van der Waals surface area contributed by atoms with Crippen molar-refractivity contribution < 1.29 is 4.74 Å². The van der Waals surface area contributed by atoms with E-state index in [1.54, 1.807) is 10.6 Å². The molecular formula is C16H15N3O2. The van der Waals surface area contributed by atoms with Crippen molar-refractivity contribution in [3.05, 3.63) is 53.6 Å². The van der Waals surface area contributed by atoms with Crippen LogP contribution in [0.5, 0.6) is 5.75 Å². The fourth-order valence-electron chi connectivity index (χ4n) is 2.23. The Labute approximate surface area is 122 Å². The Morgan fingerprint density at radius 2 is 1.90 bits per heavy atom. The van der Waals surface area contributed by atoms with Crippen LogP contribution < -0.4 is 4.74 Å². The van der Waals surface area contributed by atoms with E-state index in [2.05, 4.69) is 10.2 Å². The number of rotatable bonds is 4. The van der Waals surface area contributed by atoms with Gasteiger partial charge in [-0.3, -0.25) is 4.40 Å². The van der Waals surface area contributed by atoms with Crippen LogP contribution in [0.25, 0.3) is 16.9 Å². The summed E-state index contributed by atoms with van der Waals surface area (Å²) >= 11 is 0. The van der Waals surface area contributed by atoms with Crippen molar-refractivity contribution in [2.24, 2.45) is 5.18 Å². The predicted molar refractivity (Wildman–Crippen MR) is 81.8 cm³/mol. The molecule has 0 saturated carbocycles. The van der Waals surface area contributed by atoms with E-state index in [-0.39, 0.29) is 6.10 Å². The van der Waals surface area contributed by atoms with E-state index >= 15 is 0 Å². The average molecular weight is 281 g/mol. The third kappa shape index (κ3) is 2.50. The molecule has 0 aliphatic heterocycles. The molecule has 0 radical (unpaired) electrons. The molecule has 0 unspecified atom stereocenters. The number of hydrogen-bond acceptors (Lipinski definition) is 4. The van der Waals surface area contributed by atoms with Gasteiger partial charge in [0, 0.05) is 11.8 Å². The molecule has 0 bridgehead atoms. The molecule has 5 heteroatoms. The summed E-state index contributed by atoms with van der Waals surface area (Å²) in [6, 6.07) is 13.1. The van der Waals surface area contributed by atoms with Crippen molar-refractivity contribution in [1.82, 2.24) is 9.38 Å². The molecular weight excluding hydrogens is 266 g/mol. The lowest BCUT2D eigenvalue weighted by atomic mass is 10.1. The molecule has 0 amide bonds. The second-order valence-corrected chi connectivity index (χ2v) is 5.00. The Hall–Kier alpha value is -2.69. The number of nitrogens with zero attached hydrogens (tertiary/aromatic N) is 3. The number of benzene rings is 1. The molecule has 0 aliphatic carbocycles. The Morgan fingerprint density at radius 3 is 2.57 bits per heavy atom. The Balaban J connectivity index is 2.05. The maximum atomic E-state index is 11.2. The van der Waals surface area contributed by atoms with Gasteiger partial charge in [0.2, 0.25) is 5.82 Å². The van der Waals surface area contributed by atoms with Gasteiger partial charge in [-0.15, -0.1) is 4.91 Å². The van der Waals surface area contributed by atoms with Crippen LogP contribution in [0.4, 0.5) is 5.82 Å². The molecule has 3 rings (SSSR count). The summed E-state index contributed by atoms with van der Waals surface area (Å²) in [5, 5.41) is 3.13. The monoisotopic (exact) mass is 281 g/mol. The standard InChI is InChI=1S/C16H15N3O2/c1-11(2)21-13-8-6-12(7-9-13)15-16(18-20)19-10-4-3-5-14(19)17-15/h3-11H,1-2H3. The lowest BCUT2D eigenvalue weighted by molar-refractivity contribution is 0.242. The first-order valence-corrected chi connectivity index (χ1v) is 6.76. The Kier molecular flexibility index (Phi) is 3.39. The van der Waals surface area contributed by atoms with E-state index in [9.17, 15) is 4.91 Å². The lowest BCUT2D eigenvalue weighted by Gasteiger charge is -2.09. The first-order chi connectivity index (χ1) is 10.2. The summed E-state index contributed by atoms with van der Waals surface area (Å²) in [5.74, 6) is 1.10. The van der Waals surface area contributed by atoms with Gasteiger partial charge in [-0.2, -0.15) is 0 Å². The van der Waals surface area contributed by atoms with Crippen LogP contribution in [0.2, 0.25) is 0 Å². The van der Waals surface area contributed by atoms with Crippen molar-refractivity contribution in [2.45, 2.75) is 20.0 Å². The highest BCUT2D eigenvalue weighted by molar-refractivity contribution is 5.74. The summed E-state index contributed by atoms with van der Waals surface area (Å²) < 4.78 is 7.29. The lowest BCUT2D eigenvalue weighted by Crippen LogP contribution is -2.05. The highest BCUT2D eigenvalue weighted by atomic mass is 16.5. The molecule has 0 N–H and O–H groups in total. The molecule has 2 aromatic heterocycles. The molecule has 0 aliphatic rings. The summed E-state index contributed by atoms with van der Waals surface area (Å²) in [7, 11) is 0. The third-order valence-corrected chi connectivity index (χ3v) is 3.09. The highest BCUT2D eigenvalue weighted by Crippen LogP contribution is 2.31. The van der Waals surface area contributed by atoms with Gasteiger partial charge in [-0.1, -0.05) is 6.07 Å². The minimum atomic E-state index is 0.123. The van der Waals surface area contributed by atoms with Crippen molar-refractivity contribution in [3.63, 3.8) is 0 Å². The second kappa shape index (κ2) is 5.36.